The Kier molecular flexibility index (Phi) is 4.76. The quantitative estimate of drug-likeness (QED) is 0.864. The Morgan fingerprint density at radius 3 is 2.71 bits per heavy atom. The molecule has 3 rings (SSSR count). The number of hydrogen-bond acceptors (Lipinski definition) is 5. The standard InChI is InChI=1S/C16H24N2O4S2/c1-3-14-8-12(11-23-14)15(19)17-6-4-16(20)5-7-18(24(2,21)22)10-13(16)9-17/h8,11,13,20H,3-7,9-10H2,1-2H3/t13-,16-/m1/s1. The number of sulfonamides is 1. The number of amides is 1. The van der Waals surface area contributed by atoms with E-state index in [0.717, 1.165) is 6.42 Å². The van der Waals surface area contributed by atoms with E-state index in [-0.39, 0.29) is 18.4 Å². The molecule has 2 fully saturated rings. The molecule has 2 saturated heterocycles. The zero-order valence-electron chi connectivity index (χ0n) is 14.1. The first-order valence-electron chi connectivity index (χ1n) is 8.27. The maximum Gasteiger partial charge on any atom is 0.254 e. The van der Waals surface area contributed by atoms with Crippen LogP contribution in [0.2, 0.25) is 0 Å². The third-order valence-electron chi connectivity index (χ3n) is 5.24. The molecule has 1 aromatic heterocycles. The fraction of sp³-hybridized carbons (Fsp3) is 0.688. The minimum atomic E-state index is -3.27. The van der Waals surface area contributed by atoms with Crippen molar-refractivity contribution in [2.45, 2.75) is 31.8 Å². The minimum absolute atomic E-state index is 0.0236. The van der Waals surface area contributed by atoms with Crippen LogP contribution >= 0.6 is 11.3 Å². The fourth-order valence-electron chi connectivity index (χ4n) is 3.62. The summed E-state index contributed by atoms with van der Waals surface area (Å²) in [6, 6.07) is 1.93. The molecule has 0 spiro atoms. The molecule has 134 valence electrons. The summed E-state index contributed by atoms with van der Waals surface area (Å²) in [7, 11) is -3.27. The lowest BCUT2D eigenvalue weighted by atomic mass is 9.76. The molecular formula is C16H24N2O4S2. The van der Waals surface area contributed by atoms with Crippen LogP contribution in [-0.4, -0.2) is 66.7 Å². The average molecular weight is 373 g/mol. The van der Waals surface area contributed by atoms with Crippen molar-refractivity contribution in [1.29, 1.82) is 0 Å². The lowest BCUT2D eigenvalue weighted by Gasteiger charge is -2.49. The van der Waals surface area contributed by atoms with Crippen LogP contribution in [0.15, 0.2) is 11.4 Å². The largest absolute Gasteiger partial charge is 0.389 e. The van der Waals surface area contributed by atoms with Gasteiger partial charge in [0.05, 0.1) is 17.4 Å². The summed E-state index contributed by atoms with van der Waals surface area (Å²) in [6.45, 7) is 3.61. The number of aliphatic hydroxyl groups is 1. The van der Waals surface area contributed by atoms with Crippen molar-refractivity contribution in [2.24, 2.45) is 5.92 Å². The monoisotopic (exact) mass is 372 g/mol. The molecule has 0 saturated carbocycles. The van der Waals surface area contributed by atoms with Gasteiger partial charge in [-0.25, -0.2) is 12.7 Å². The maximum absolute atomic E-state index is 12.7. The second-order valence-corrected chi connectivity index (χ2v) is 9.81. The number of rotatable bonds is 3. The van der Waals surface area contributed by atoms with Gasteiger partial charge in [0.1, 0.15) is 0 Å². The summed E-state index contributed by atoms with van der Waals surface area (Å²) < 4.78 is 25.0. The van der Waals surface area contributed by atoms with Crippen molar-refractivity contribution in [3.8, 4) is 0 Å². The first kappa shape index (κ1) is 17.8. The zero-order valence-corrected chi connectivity index (χ0v) is 15.7. The SMILES string of the molecule is CCc1cc(C(=O)N2CC[C@@]3(O)CCN(S(C)(=O)=O)C[C@H]3C2)cs1. The Hall–Kier alpha value is -0.960. The smallest absolute Gasteiger partial charge is 0.254 e. The summed E-state index contributed by atoms with van der Waals surface area (Å²) in [4.78, 5) is 15.6. The Morgan fingerprint density at radius 1 is 1.38 bits per heavy atom. The Bertz CT molecular complexity index is 730. The number of carbonyl (C=O) groups is 1. The first-order valence-corrected chi connectivity index (χ1v) is 11.0. The van der Waals surface area contributed by atoms with Crippen LogP contribution in [0.25, 0.3) is 0 Å². The molecule has 0 aromatic carbocycles. The number of aryl methyl sites for hydroxylation is 1. The van der Waals surface area contributed by atoms with Gasteiger partial charge in [-0.1, -0.05) is 6.92 Å². The van der Waals surface area contributed by atoms with Gasteiger partial charge in [-0.3, -0.25) is 4.79 Å². The number of carbonyl (C=O) groups excluding carboxylic acids is 1. The molecule has 6 nitrogen and oxygen atoms in total. The number of likely N-dealkylation sites (tertiary alicyclic amines) is 1. The van der Waals surface area contributed by atoms with E-state index in [9.17, 15) is 18.3 Å². The second-order valence-electron chi connectivity index (χ2n) is 6.83. The zero-order chi connectivity index (χ0) is 17.5. The fourth-order valence-corrected chi connectivity index (χ4v) is 5.30. The van der Waals surface area contributed by atoms with Crippen LogP contribution in [0.1, 0.15) is 35.0 Å². The first-order chi connectivity index (χ1) is 11.2. The van der Waals surface area contributed by atoms with Crippen molar-refractivity contribution in [2.75, 3.05) is 32.4 Å². The number of hydrogen-bond donors (Lipinski definition) is 1. The predicted octanol–water partition coefficient (Wildman–Crippen LogP) is 1.17. The highest BCUT2D eigenvalue weighted by Crippen LogP contribution is 2.36. The normalized spacial score (nSPS) is 28.6. The van der Waals surface area contributed by atoms with Gasteiger partial charge in [-0.15, -0.1) is 11.3 Å². The van der Waals surface area contributed by atoms with E-state index < -0.39 is 15.6 Å². The van der Waals surface area contributed by atoms with Gasteiger partial charge in [-0.05, 0) is 25.3 Å². The van der Waals surface area contributed by atoms with E-state index in [2.05, 4.69) is 6.92 Å². The molecular weight excluding hydrogens is 348 g/mol. The molecule has 24 heavy (non-hydrogen) atoms. The maximum atomic E-state index is 12.7. The third kappa shape index (κ3) is 3.37. The average Bonchev–Trinajstić information content (AvgIpc) is 3.01. The van der Waals surface area contributed by atoms with Gasteiger partial charge in [0.15, 0.2) is 0 Å². The van der Waals surface area contributed by atoms with Crippen LogP contribution in [0.4, 0.5) is 0 Å². The molecule has 1 amide bonds. The lowest BCUT2D eigenvalue weighted by molar-refractivity contribution is -0.0946. The van der Waals surface area contributed by atoms with Gasteiger partial charge in [0, 0.05) is 42.4 Å². The second kappa shape index (κ2) is 6.40. The predicted molar refractivity (Wildman–Crippen MR) is 93.7 cm³/mol. The van der Waals surface area contributed by atoms with Gasteiger partial charge >= 0.3 is 0 Å². The van der Waals surface area contributed by atoms with Crippen molar-refractivity contribution in [3.05, 3.63) is 21.9 Å². The van der Waals surface area contributed by atoms with Crippen molar-refractivity contribution in [3.63, 3.8) is 0 Å². The number of fused-ring (bicyclic) bond motifs is 1. The van der Waals surface area contributed by atoms with Crippen molar-refractivity contribution < 1.29 is 18.3 Å². The Labute approximate surface area is 147 Å². The molecule has 3 heterocycles. The molecule has 8 heteroatoms. The Morgan fingerprint density at radius 2 is 2.08 bits per heavy atom. The van der Waals surface area contributed by atoms with Gasteiger partial charge in [0.25, 0.3) is 5.91 Å². The number of nitrogens with zero attached hydrogens (tertiary/aromatic N) is 2. The van der Waals surface area contributed by atoms with Gasteiger partial charge in [0.2, 0.25) is 10.0 Å². The molecule has 0 aliphatic carbocycles. The highest BCUT2D eigenvalue weighted by atomic mass is 32.2. The Balaban J connectivity index is 1.74. The highest BCUT2D eigenvalue weighted by Gasteiger charge is 2.47. The number of piperidine rings is 2. The van der Waals surface area contributed by atoms with Crippen molar-refractivity contribution >= 4 is 27.3 Å². The molecule has 0 bridgehead atoms. The van der Waals surface area contributed by atoms with Crippen LogP contribution in [0.5, 0.6) is 0 Å². The van der Waals surface area contributed by atoms with Crippen LogP contribution in [0.3, 0.4) is 0 Å². The van der Waals surface area contributed by atoms with Gasteiger partial charge < -0.3 is 10.0 Å². The van der Waals surface area contributed by atoms with Gasteiger partial charge in [-0.2, -0.15) is 0 Å². The minimum Gasteiger partial charge on any atom is -0.389 e. The van der Waals surface area contributed by atoms with Crippen molar-refractivity contribution in [1.82, 2.24) is 9.21 Å². The molecule has 1 aromatic rings. The number of thiophene rings is 1. The summed E-state index contributed by atoms with van der Waals surface area (Å²) in [5.74, 6) is -0.257. The van der Waals surface area contributed by atoms with E-state index in [1.807, 2.05) is 11.4 Å². The third-order valence-corrected chi connectivity index (χ3v) is 7.59. The van der Waals surface area contributed by atoms with Crippen LogP contribution in [0, 0.1) is 5.92 Å². The molecule has 0 unspecified atom stereocenters. The highest BCUT2D eigenvalue weighted by molar-refractivity contribution is 7.88. The van der Waals surface area contributed by atoms with E-state index in [4.69, 9.17) is 0 Å². The summed E-state index contributed by atoms with van der Waals surface area (Å²) >= 11 is 1.58. The topological polar surface area (TPSA) is 77.9 Å². The van der Waals surface area contributed by atoms with E-state index in [1.165, 1.54) is 15.4 Å². The summed E-state index contributed by atoms with van der Waals surface area (Å²) in [6.07, 6.45) is 3.04. The lowest BCUT2D eigenvalue weighted by Crippen LogP contribution is -2.61. The van der Waals surface area contributed by atoms with E-state index in [1.54, 1.807) is 16.2 Å². The molecule has 2 aliphatic heterocycles. The summed E-state index contributed by atoms with van der Waals surface area (Å²) in [5, 5.41) is 12.7. The molecule has 2 atom stereocenters. The summed E-state index contributed by atoms with van der Waals surface area (Å²) in [5.41, 5.74) is -0.167. The molecule has 0 radical (unpaired) electrons. The van der Waals surface area contributed by atoms with E-state index >= 15 is 0 Å². The van der Waals surface area contributed by atoms with Crippen LogP contribution < -0.4 is 0 Å². The van der Waals surface area contributed by atoms with Crippen LogP contribution in [-0.2, 0) is 16.4 Å². The molecule has 2 aliphatic rings. The molecule has 1 N–H and O–H groups in total. The van der Waals surface area contributed by atoms with E-state index in [0.29, 0.717) is 38.0 Å².